The Kier molecular flexibility index (Phi) is 3.40. The summed E-state index contributed by atoms with van der Waals surface area (Å²) in [5.41, 5.74) is 1.15. The lowest BCUT2D eigenvalue weighted by Gasteiger charge is -2.02. The second-order valence-electron chi connectivity index (χ2n) is 4.67. The van der Waals surface area contributed by atoms with E-state index in [1.807, 2.05) is 0 Å². The van der Waals surface area contributed by atoms with Gasteiger partial charge in [0.2, 0.25) is 0 Å². The molecular formula is C14H14N2O3S. The minimum Gasteiger partial charge on any atom is -0.466 e. The van der Waals surface area contributed by atoms with Crippen molar-refractivity contribution in [1.29, 1.82) is 0 Å². The van der Waals surface area contributed by atoms with E-state index in [-0.39, 0.29) is 5.56 Å². The number of rotatable bonds is 3. The Morgan fingerprint density at radius 3 is 3.20 bits per heavy atom. The largest absolute Gasteiger partial charge is 0.466 e. The highest BCUT2D eigenvalue weighted by Crippen LogP contribution is 2.34. The van der Waals surface area contributed by atoms with Gasteiger partial charge in [-0.25, -0.2) is 9.78 Å². The maximum Gasteiger partial charge on any atom is 0.330 e. The van der Waals surface area contributed by atoms with Crippen molar-refractivity contribution >= 4 is 27.5 Å². The Balaban J connectivity index is 1.97. The molecule has 0 fully saturated rings. The van der Waals surface area contributed by atoms with Crippen LogP contribution in [0.4, 0.5) is 0 Å². The van der Waals surface area contributed by atoms with Crippen LogP contribution in [0, 0.1) is 0 Å². The van der Waals surface area contributed by atoms with Gasteiger partial charge in [-0.05, 0) is 24.8 Å². The number of thiophene rings is 1. The molecule has 104 valence electrons. The van der Waals surface area contributed by atoms with Crippen molar-refractivity contribution < 1.29 is 9.53 Å². The van der Waals surface area contributed by atoms with Crippen LogP contribution in [0.15, 0.2) is 23.3 Å². The molecule has 0 aliphatic heterocycles. The normalized spacial score (nSPS) is 14.1. The van der Waals surface area contributed by atoms with Gasteiger partial charge in [0.05, 0.1) is 18.8 Å². The molecule has 0 spiro atoms. The van der Waals surface area contributed by atoms with Crippen molar-refractivity contribution in [1.82, 2.24) is 9.55 Å². The molecule has 0 bridgehead atoms. The van der Waals surface area contributed by atoms with Gasteiger partial charge in [-0.2, -0.15) is 0 Å². The maximum absolute atomic E-state index is 12.5. The lowest BCUT2D eigenvalue weighted by Crippen LogP contribution is -2.20. The molecule has 5 nitrogen and oxygen atoms in total. The second kappa shape index (κ2) is 5.20. The summed E-state index contributed by atoms with van der Waals surface area (Å²) >= 11 is 1.63. The Hall–Kier alpha value is -1.95. The van der Waals surface area contributed by atoms with E-state index in [0.717, 1.165) is 29.5 Å². The van der Waals surface area contributed by atoms with Crippen LogP contribution < -0.4 is 5.56 Å². The van der Waals surface area contributed by atoms with Gasteiger partial charge < -0.3 is 4.74 Å². The molecule has 0 radical (unpaired) electrons. The molecule has 2 aromatic rings. The number of hydrogen-bond donors (Lipinski definition) is 0. The van der Waals surface area contributed by atoms with E-state index in [1.54, 1.807) is 17.4 Å². The first-order valence-corrected chi connectivity index (χ1v) is 7.26. The van der Waals surface area contributed by atoms with Crippen LogP contribution in [0.5, 0.6) is 0 Å². The third-order valence-electron chi connectivity index (χ3n) is 3.45. The minimum absolute atomic E-state index is 0.0242. The number of esters is 1. The average molecular weight is 290 g/mol. The summed E-state index contributed by atoms with van der Waals surface area (Å²) in [6, 6.07) is 0. The number of hydrogen-bond acceptors (Lipinski definition) is 5. The third kappa shape index (κ3) is 2.16. The zero-order valence-electron chi connectivity index (χ0n) is 11.1. The zero-order chi connectivity index (χ0) is 14.1. The minimum atomic E-state index is -0.427. The van der Waals surface area contributed by atoms with E-state index in [1.165, 1.54) is 34.5 Å². The van der Waals surface area contributed by atoms with Gasteiger partial charge in [0.1, 0.15) is 4.83 Å². The third-order valence-corrected chi connectivity index (χ3v) is 4.65. The molecule has 0 aromatic carbocycles. The molecule has 0 saturated carbocycles. The first kappa shape index (κ1) is 13.1. The fourth-order valence-electron chi connectivity index (χ4n) is 2.48. The van der Waals surface area contributed by atoms with E-state index in [4.69, 9.17) is 0 Å². The van der Waals surface area contributed by atoms with Crippen LogP contribution in [0.2, 0.25) is 0 Å². The molecule has 3 rings (SSSR count). The highest BCUT2D eigenvalue weighted by molar-refractivity contribution is 7.18. The van der Waals surface area contributed by atoms with Crippen LogP contribution >= 0.6 is 11.3 Å². The van der Waals surface area contributed by atoms with Crippen LogP contribution in [0.25, 0.3) is 10.2 Å². The summed E-state index contributed by atoms with van der Waals surface area (Å²) in [6.45, 7) is 0.321. The molecule has 1 aliphatic carbocycles. The highest BCUT2D eigenvalue weighted by atomic mass is 32.1. The number of nitrogens with zero attached hydrogens (tertiary/aromatic N) is 2. The van der Waals surface area contributed by atoms with Crippen molar-refractivity contribution in [3.05, 3.63) is 39.3 Å². The van der Waals surface area contributed by atoms with Crippen molar-refractivity contribution in [2.45, 2.75) is 25.8 Å². The van der Waals surface area contributed by atoms with Crippen LogP contribution in [-0.4, -0.2) is 22.6 Å². The molecule has 2 aromatic heterocycles. The first-order valence-electron chi connectivity index (χ1n) is 6.45. The van der Waals surface area contributed by atoms with E-state index >= 15 is 0 Å². The molecule has 0 unspecified atom stereocenters. The van der Waals surface area contributed by atoms with Crippen LogP contribution in [0.3, 0.4) is 0 Å². The van der Waals surface area contributed by atoms with Gasteiger partial charge in [-0.15, -0.1) is 11.3 Å². The Morgan fingerprint density at radius 1 is 1.55 bits per heavy atom. The lowest BCUT2D eigenvalue weighted by atomic mass is 10.2. The Bertz CT molecular complexity index is 758. The average Bonchev–Trinajstić information content (AvgIpc) is 3.01. The number of carbonyl (C=O) groups is 1. The molecule has 0 saturated heterocycles. The predicted molar refractivity (Wildman–Crippen MR) is 77.1 cm³/mol. The van der Waals surface area contributed by atoms with Gasteiger partial charge in [-0.3, -0.25) is 9.36 Å². The Labute approximate surface area is 119 Å². The van der Waals surface area contributed by atoms with E-state index < -0.39 is 5.97 Å². The van der Waals surface area contributed by atoms with E-state index in [0.29, 0.717) is 6.54 Å². The zero-order valence-corrected chi connectivity index (χ0v) is 11.9. The van der Waals surface area contributed by atoms with Crippen molar-refractivity contribution in [2.24, 2.45) is 0 Å². The number of allylic oxidation sites excluding steroid dienone is 1. The molecule has 1 aliphatic rings. The van der Waals surface area contributed by atoms with Gasteiger partial charge >= 0.3 is 5.97 Å². The monoisotopic (exact) mass is 290 g/mol. The number of carbonyl (C=O) groups excluding carboxylic acids is 1. The first-order chi connectivity index (χ1) is 9.70. The quantitative estimate of drug-likeness (QED) is 0.637. The van der Waals surface area contributed by atoms with Crippen molar-refractivity contribution in [3.8, 4) is 0 Å². The number of aromatic nitrogens is 2. The number of methoxy groups -OCH3 is 1. The smallest absolute Gasteiger partial charge is 0.330 e. The van der Waals surface area contributed by atoms with Crippen LogP contribution in [-0.2, 0) is 28.9 Å². The number of ether oxygens (including phenoxy) is 1. The second-order valence-corrected chi connectivity index (χ2v) is 5.75. The van der Waals surface area contributed by atoms with Gasteiger partial charge in [-0.1, -0.05) is 6.08 Å². The fraction of sp³-hybridized carbons (Fsp3) is 0.357. The molecule has 20 heavy (non-hydrogen) atoms. The summed E-state index contributed by atoms with van der Waals surface area (Å²) in [4.78, 5) is 30.0. The van der Waals surface area contributed by atoms with Crippen molar-refractivity contribution in [3.63, 3.8) is 0 Å². The Morgan fingerprint density at radius 2 is 2.40 bits per heavy atom. The molecule has 0 N–H and O–H groups in total. The SMILES string of the molecule is COC(=O)/C=C/Cn1cnc2sc3c(c2c1=O)CCC3. The van der Waals surface area contributed by atoms with E-state index in [9.17, 15) is 9.59 Å². The molecule has 0 atom stereocenters. The van der Waals surface area contributed by atoms with E-state index in [2.05, 4.69) is 9.72 Å². The van der Waals surface area contributed by atoms with Gasteiger partial charge in [0.15, 0.2) is 0 Å². The molecular weight excluding hydrogens is 276 g/mol. The summed E-state index contributed by atoms with van der Waals surface area (Å²) in [7, 11) is 1.32. The summed E-state index contributed by atoms with van der Waals surface area (Å²) in [5, 5.41) is 0.761. The fourth-order valence-corrected chi connectivity index (χ4v) is 3.70. The standard InChI is InChI=1S/C14H14N2O3S/c1-19-11(17)6-3-7-16-8-15-13-12(14(16)18)9-4-2-5-10(9)20-13/h3,6,8H,2,4-5,7H2,1H3/b6-3+. The molecule has 0 amide bonds. The maximum atomic E-state index is 12.5. The summed E-state index contributed by atoms with van der Waals surface area (Å²) in [5.74, 6) is -0.427. The van der Waals surface area contributed by atoms with Gasteiger partial charge in [0.25, 0.3) is 5.56 Å². The molecule has 6 heteroatoms. The molecule has 2 heterocycles. The predicted octanol–water partition coefficient (Wildman–Crippen LogP) is 1.68. The number of aryl methyl sites for hydroxylation is 2. The summed E-state index contributed by atoms with van der Waals surface area (Å²) < 4.78 is 6.03. The number of fused-ring (bicyclic) bond motifs is 3. The van der Waals surface area contributed by atoms with Crippen LogP contribution in [0.1, 0.15) is 16.9 Å². The topological polar surface area (TPSA) is 61.2 Å². The highest BCUT2D eigenvalue weighted by Gasteiger charge is 2.20. The lowest BCUT2D eigenvalue weighted by molar-refractivity contribution is -0.134. The summed E-state index contributed by atoms with van der Waals surface area (Å²) in [6.07, 6.45) is 7.60. The van der Waals surface area contributed by atoms with Gasteiger partial charge in [0, 0.05) is 17.5 Å². The van der Waals surface area contributed by atoms with Crippen molar-refractivity contribution in [2.75, 3.05) is 7.11 Å².